The van der Waals surface area contributed by atoms with Crippen LogP contribution in [0.5, 0.6) is 0 Å². The zero-order valence-electron chi connectivity index (χ0n) is 17.0. The maximum absolute atomic E-state index is 13.3. The highest BCUT2D eigenvalue weighted by molar-refractivity contribution is 5.79. The summed E-state index contributed by atoms with van der Waals surface area (Å²) in [6, 6.07) is 11.3. The molecule has 0 radical (unpaired) electrons. The SMILES string of the molecule is CCNC(=NCc1ccccn1)NCC1(c2cccc(C(F)(F)F)c2)CCOCC1. The number of alkyl halides is 3. The van der Waals surface area contributed by atoms with Crippen molar-refractivity contribution >= 4 is 5.96 Å². The lowest BCUT2D eigenvalue weighted by Crippen LogP contribution is -2.48. The van der Waals surface area contributed by atoms with Gasteiger partial charge in [0.25, 0.3) is 0 Å². The number of ether oxygens (including phenoxy) is 1. The molecule has 1 aliphatic rings. The van der Waals surface area contributed by atoms with E-state index in [1.54, 1.807) is 12.3 Å². The number of guanidine groups is 1. The van der Waals surface area contributed by atoms with E-state index >= 15 is 0 Å². The fourth-order valence-corrected chi connectivity index (χ4v) is 3.60. The first-order valence-corrected chi connectivity index (χ1v) is 10.1. The Balaban J connectivity index is 1.80. The van der Waals surface area contributed by atoms with Crippen LogP contribution in [0.25, 0.3) is 0 Å². The molecule has 3 rings (SSSR count). The van der Waals surface area contributed by atoms with Crippen molar-refractivity contribution in [3.63, 3.8) is 0 Å². The molecule has 8 heteroatoms. The molecular formula is C22H27F3N4O. The molecule has 2 aromatic rings. The van der Waals surface area contributed by atoms with Crippen LogP contribution in [0.2, 0.25) is 0 Å². The second-order valence-corrected chi connectivity index (χ2v) is 7.34. The van der Waals surface area contributed by atoms with Gasteiger partial charge in [0, 0.05) is 37.9 Å². The van der Waals surface area contributed by atoms with Gasteiger partial charge in [-0.2, -0.15) is 13.2 Å². The van der Waals surface area contributed by atoms with Crippen LogP contribution in [0, 0.1) is 0 Å². The lowest BCUT2D eigenvalue weighted by atomic mass is 9.73. The van der Waals surface area contributed by atoms with Gasteiger partial charge in [0.2, 0.25) is 0 Å². The minimum atomic E-state index is -4.37. The van der Waals surface area contributed by atoms with E-state index in [-0.39, 0.29) is 0 Å². The number of pyridine rings is 1. The molecule has 0 unspecified atom stereocenters. The van der Waals surface area contributed by atoms with E-state index in [1.165, 1.54) is 12.1 Å². The van der Waals surface area contributed by atoms with Crippen molar-refractivity contribution in [3.05, 3.63) is 65.5 Å². The summed E-state index contributed by atoms with van der Waals surface area (Å²) in [7, 11) is 0. The topological polar surface area (TPSA) is 58.5 Å². The summed E-state index contributed by atoms with van der Waals surface area (Å²) in [5.41, 5.74) is 0.435. The Morgan fingerprint density at radius 1 is 1.13 bits per heavy atom. The van der Waals surface area contributed by atoms with Crippen LogP contribution in [0.1, 0.15) is 36.6 Å². The molecule has 0 amide bonds. The Morgan fingerprint density at radius 2 is 1.93 bits per heavy atom. The van der Waals surface area contributed by atoms with E-state index in [0.717, 1.165) is 11.8 Å². The highest BCUT2D eigenvalue weighted by atomic mass is 19.4. The molecule has 0 spiro atoms. The highest BCUT2D eigenvalue weighted by Gasteiger charge is 2.37. The minimum absolute atomic E-state index is 0.413. The molecular weight excluding hydrogens is 393 g/mol. The average Bonchev–Trinajstić information content (AvgIpc) is 2.76. The van der Waals surface area contributed by atoms with Crippen molar-refractivity contribution < 1.29 is 17.9 Å². The van der Waals surface area contributed by atoms with Gasteiger partial charge in [-0.1, -0.05) is 24.3 Å². The Bertz CT molecular complexity index is 834. The number of aromatic nitrogens is 1. The number of nitrogens with one attached hydrogen (secondary N) is 2. The van der Waals surface area contributed by atoms with Crippen molar-refractivity contribution in [1.29, 1.82) is 0 Å². The van der Waals surface area contributed by atoms with Crippen LogP contribution in [0.15, 0.2) is 53.7 Å². The van der Waals surface area contributed by atoms with Gasteiger partial charge in [-0.05, 0) is 43.5 Å². The minimum Gasteiger partial charge on any atom is -0.381 e. The number of hydrogen-bond acceptors (Lipinski definition) is 3. The largest absolute Gasteiger partial charge is 0.416 e. The zero-order chi connectivity index (χ0) is 21.5. The molecule has 1 aliphatic heterocycles. The Morgan fingerprint density at radius 3 is 2.60 bits per heavy atom. The first-order valence-electron chi connectivity index (χ1n) is 10.1. The molecule has 30 heavy (non-hydrogen) atoms. The van der Waals surface area contributed by atoms with Gasteiger partial charge in [-0.3, -0.25) is 4.98 Å². The van der Waals surface area contributed by atoms with Crippen molar-refractivity contribution in [1.82, 2.24) is 15.6 Å². The van der Waals surface area contributed by atoms with Crippen LogP contribution >= 0.6 is 0 Å². The van der Waals surface area contributed by atoms with Crippen LogP contribution in [0.4, 0.5) is 13.2 Å². The molecule has 2 N–H and O–H groups in total. The summed E-state index contributed by atoms with van der Waals surface area (Å²) in [6.07, 6.45) is -1.37. The summed E-state index contributed by atoms with van der Waals surface area (Å²) < 4.78 is 45.3. The van der Waals surface area contributed by atoms with Gasteiger partial charge in [0.05, 0.1) is 17.8 Å². The van der Waals surface area contributed by atoms with Crippen LogP contribution in [-0.4, -0.2) is 37.2 Å². The number of benzene rings is 1. The average molecular weight is 420 g/mol. The Labute approximate surface area is 174 Å². The van der Waals surface area contributed by atoms with Crippen LogP contribution in [-0.2, 0) is 22.9 Å². The number of halogens is 3. The molecule has 5 nitrogen and oxygen atoms in total. The Hall–Kier alpha value is -2.61. The quantitative estimate of drug-likeness (QED) is 0.550. The number of hydrogen-bond donors (Lipinski definition) is 2. The third kappa shape index (κ3) is 5.72. The van der Waals surface area contributed by atoms with Gasteiger partial charge < -0.3 is 15.4 Å². The van der Waals surface area contributed by atoms with E-state index in [1.807, 2.05) is 25.1 Å². The first-order chi connectivity index (χ1) is 14.4. The van der Waals surface area contributed by atoms with Crippen molar-refractivity contribution in [3.8, 4) is 0 Å². The van der Waals surface area contributed by atoms with E-state index < -0.39 is 17.2 Å². The second-order valence-electron chi connectivity index (χ2n) is 7.34. The van der Waals surface area contributed by atoms with Gasteiger partial charge >= 0.3 is 6.18 Å². The summed E-state index contributed by atoms with van der Waals surface area (Å²) in [5, 5.41) is 6.53. The molecule has 0 bridgehead atoms. The zero-order valence-corrected chi connectivity index (χ0v) is 17.0. The Kier molecular flexibility index (Phi) is 7.31. The molecule has 1 aromatic carbocycles. The van der Waals surface area contributed by atoms with Gasteiger partial charge in [-0.15, -0.1) is 0 Å². The lowest BCUT2D eigenvalue weighted by Gasteiger charge is -2.38. The van der Waals surface area contributed by atoms with Gasteiger partial charge in [-0.25, -0.2) is 4.99 Å². The molecule has 2 heterocycles. The summed E-state index contributed by atoms with van der Waals surface area (Å²) in [5.74, 6) is 0.612. The monoisotopic (exact) mass is 420 g/mol. The van der Waals surface area contributed by atoms with E-state index in [2.05, 4.69) is 20.6 Å². The summed E-state index contributed by atoms with van der Waals surface area (Å²) >= 11 is 0. The molecule has 0 atom stereocenters. The number of nitrogens with zero attached hydrogens (tertiary/aromatic N) is 2. The molecule has 1 fully saturated rings. The maximum Gasteiger partial charge on any atom is 0.416 e. The molecule has 0 aliphatic carbocycles. The fourth-order valence-electron chi connectivity index (χ4n) is 3.60. The van der Waals surface area contributed by atoms with E-state index in [0.29, 0.717) is 57.2 Å². The van der Waals surface area contributed by atoms with Gasteiger partial charge in [0.15, 0.2) is 5.96 Å². The number of rotatable bonds is 6. The first kappa shape index (κ1) is 22.1. The molecule has 0 saturated carbocycles. The van der Waals surface area contributed by atoms with E-state index in [9.17, 15) is 13.2 Å². The molecule has 162 valence electrons. The highest BCUT2D eigenvalue weighted by Crippen LogP contribution is 2.37. The van der Waals surface area contributed by atoms with E-state index in [4.69, 9.17) is 4.74 Å². The predicted octanol–water partition coefficient (Wildman–Crippen LogP) is 3.90. The smallest absolute Gasteiger partial charge is 0.381 e. The summed E-state index contributed by atoms with van der Waals surface area (Å²) in [4.78, 5) is 8.84. The van der Waals surface area contributed by atoms with Crippen LogP contribution in [0.3, 0.4) is 0 Å². The lowest BCUT2D eigenvalue weighted by molar-refractivity contribution is -0.137. The van der Waals surface area contributed by atoms with Gasteiger partial charge in [0.1, 0.15) is 0 Å². The predicted molar refractivity (Wildman–Crippen MR) is 110 cm³/mol. The van der Waals surface area contributed by atoms with Crippen LogP contribution < -0.4 is 10.6 Å². The maximum atomic E-state index is 13.3. The third-order valence-corrected chi connectivity index (χ3v) is 5.32. The van der Waals surface area contributed by atoms with Crippen molar-refractivity contribution in [2.75, 3.05) is 26.3 Å². The molecule has 1 aromatic heterocycles. The fraction of sp³-hybridized carbons (Fsp3) is 0.455. The number of aliphatic imine (C=N–C) groups is 1. The van der Waals surface area contributed by atoms with Crippen molar-refractivity contribution in [2.45, 2.75) is 37.9 Å². The summed E-state index contributed by atoms with van der Waals surface area (Å²) in [6.45, 7) is 4.55. The third-order valence-electron chi connectivity index (χ3n) is 5.32. The second kappa shape index (κ2) is 9.93. The van der Waals surface area contributed by atoms with Crippen molar-refractivity contribution in [2.24, 2.45) is 4.99 Å². The molecule has 1 saturated heterocycles. The normalized spacial score (nSPS) is 16.9. The standard InChI is InChI=1S/C22H27F3N4O/c1-2-26-20(28-15-19-8-3-4-11-27-19)29-16-21(9-12-30-13-10-21)17-6-5-7-18(14-17)22(23,24)25/h3-8,11,14H,2,9-10,12-13,15-16H2,1H3,(H2,26,28,29).